The molecule has 0 amide bonds. The molecule has 0 radical (unpaired) electrons. The summed E-state index contributed by atoms with van der Waals surface area (Å²) in [5.41, 5.74) is 8.87. The van der Waals surface area contributed by atoms with E-state index >= 15 is 0 Å². The third kappa shape index (κ3) is 3.47. The van der Waals surface area contributed by atoms with E-state index in [1.807, 2.05) is 12.1 Å². The molecule has 1 fully saturated rings. The lowest BCUT2D eigenvalue weighted by Gasteiger charge is -2.28. The van der Waals surface area contributed by atoms with Crippen molar-refractivity contribution in [1.82, 2.24) is 0 Å². The van der Waals surface area contributed by atoms with Gasteiger partial charge in [-0.25, -0.2) is 0 Å². The Morgan fingerprint density at radius 3 is 2.16 bits per heavy atom. The maximum Gasteiger partial charge on any atom is 0.125 e. The maximum atomic E-state index is 6.22. The van der Waals surface area contributed by atoms with Gasteiger partial charge in [0, 0.05) is 5.56 Å². The highest BCUT2D eigenvalue weighted by atomic mass is 32.1. The second-order valence-corrected chi connectivity index (χ2v) is 6.24. The predicted octanol–water partition coefficient (Wildman–Crippen LogP) is 3.90. The average Bonchev–Trinajstić information content (AvgIpc) is 2.35. The average molecular weight is 277 g/mol. The third-order valence-corrected chi connectivity index (χ3v) is 4.23. The van der Waals surface area contributed by atoms with E-state index in [9.17, 15) is 0 Å². The zero-order valence-corrected chi connectivity index (χ0v) is 12.8. The van der Waals surface area contributed by atoms with Crippen LogP contribution < -0.4 is 10.5 Å². The third-order valence-electron chi connectivity index (χ3n) is 3.99. The summed E-state index contributed by atoms with van der Waals surface area (Å²) in [4.78, 5) is 0.448. The molecule has 2 nitrogen and oxygen atoms in total. The van der Waals surface area contributed by atoms with Gasteiger partial charge in [-0.2, -0.15) is 0 Å². The Kier molecular flexibility index (Phi) is 4.46. The fraction of sp³-hybridized carbons (Fsp3) is 0.562. The van der Waals surface area contributed by atoms with Crippen molar-refractivity contribution in [2.24, 2.45) is 11.7 Å². The van der Waals surface area contributed by atoms with Crippen LogP contribution in [0, 0.1) is 19.8 Å². The lowest BCUT2D eigenvalue weighted by Crippen LogP contribution is -2.24. The molecule has 0 saturated heterocycles. The Morgan fingerprint density at radius 2 is 1.68 bits per heavy atom. The van der Waals surface area contributed by atoms with Gasteiger partial charge in [-0.05, 0) is 68.7 Å². The molecule has 0 aromatic heterocycles. The summed E-state index contributed by atoms with van der Waals surface area (Å²) in [6.07, 6.45) is 5.24. The molecule has 3 heteroatoms. The first-order valence-electron chi connectivity index (χ1n) is 7.05. The normalized spacial score (nSPS) is 23.1. The van der Waals surface area contributed by atoms with Crippen molar-refractivity contribution in [3.8, 4) is 5.75 Å². The zero-order chi connectivity index (χ0) is 14.0. The minimum Gasteiger partial charge on any atom is -0.490 e. The molecule has 1 aliphatic rings. The number of hydrogen-bond acceptors (Lipinski definition) is 2. The van der Waals surface area contributed by atoms with Gasteiger partial charge in [-0.3, -0.25) is 0 Å². The fourth-order valence-corrected chi connectivity index (χ4v) is 2.91. The second kappa shape index (κ2) is 5.91. The van der Waals surface area contributed by atoms with Crippen molar-refractivity contribution in [1.29, 1.82) is 0 Å². The van der Waals surface area contributed by atoms with Crippen molar-refractivity contribution < 1.29 is 4.74 Å². The SMILES string of the molecule is Cc1cc(C(N)=S)cc(C)c1OC1CCC(C)CC1. The molecule has 1 aromatic rings. The van der Waals surface area contributed by atoms with Gasteiger partial charge in [0.2, 0.25) is 0 Å². The first kappa shape index (κ1) is 14.3. The van der Waals surface area contributed by atoms with Crippen LogP contribution in [0.15, 0.2) is 12.1 Å². The topological polar surface area (TPSA) is 35.2 Å². The van der Waals surface area contributed by atoms with E-state index in [1.165, 1.54) is 12.8 Å². The molecular weight excluding hydrogens is 254 g/mol. The van der Waals surface area contributed by atoms with Crippen LogP contribution in [0.1, 0.15) is 49.3 Å². The minimum atomic E-state index is 0.365. The summed E-state index contributed by atoms with van der Waals surface area (Å²) in [6.45, 7) is 6.45. The molecular formula is C16H23NOS. The molecule has 0 aliphatic heterocycles. The number of ether oxygens (including phenoxy) is 1. The highest BCUT2D eigenvalue weighted by molar-refractivity contribution is 7.80. The van der Waals surface area contributed by atoms with E-state index in [1.54, 1.807) is 0 Å². The van der Waals surface area contributed by atoms with E-state index in [0.717, 1.165) is 41.2 Å². The molecule has 0 atom stereocenters. The fourth-order valence-electron chi connectivity index (χ4n) is 2.79. The summed E-state index contributed by atoms with van der Waals surface area (Å²) < 4.78 is 6.22. The van der Waals surface area contributed by atoms with Gasteiger partial charge in [-0.1, -0.05) is 19.1 Å². The van der Waals surface area contributed by atoms with E-state index in [-0.39, 0.29) is 0 Å². The van der Waals surface area contributed by atoms with Crippen LogP contribution in [-0.2, 0) is 0 Å². The number of nitrogens with two attached hydrogens (primary N) is 1. The number of benzene rings is 1. The van der Waals surface area contributed by atoms with Crippen molar-refractivity contribution in [2.45, 2.75) is 52.6 Å². The van der Waals surface area contributed by atoms with Crippen molar-refractivity contribution in [2.75, 3.05) is 0 Å². The monoisotopic (exact) mass is 277 g/mol. The largest absolute Gasteiger partial charge is 0.490 e. The molecule has 1 aromatic carbocycles. The Bertz CT molecular complexity index is 453. The van der Waals surface area contributed by atoms with Gasteiger partial charge in [-0.15, -0.1) is 0 Å². The standard InChI is InChI=1S/C16H23NOS/c1-10-4-6-14(7-5-10)18-15-11(2)8-13(16(17)19)9-12(15)3/h8-10,14H,4-7H2,1-3H3,(H2,17,19). The molecule has 2 N–H and O–H groups in total. The van der Waals surface area contributed by atoms with Crippen LogP contribution in [0.3, 0.4) is 0 Å². The molecule has 19 heavy (non-hydrogen) atoms. The molecule has 2 rings (SSSR count). The highest BCUT2D eigenvalue weighted by Gasteiger charge is 2.21. The Balaban J connectivity index is 2.14. The summed E-state index contributed by atoms with van der Waals surface area (Å²) in [6, 6.07) is 4.05. The molecule has 0 bridgehead atoms. The molecule has 0 unspecified atom stereocenters. The maximum absolute atomic E-state index is 6.22. The van der Waals surface area contributed by atoms with Crippen molar-refractivity contribution >= 4 is 17.2 Å². The van der Waals surface area contributed by atoms with Gasteiger partial charge in [0.05, 0.1) is 6.10 Å². The quantitative estimate of drug-likeness (QED) is 0.851. The van der Waals surface area contributed by atoms with Crippen LogP contribution in [0.4, 0.5) is 0 Å². The summed E-state index contributed by atoms with van der Waals surface area (Å²) in [5.74, 6) is 1.86. The van der Waals surface area contributed by atoms with E-state index in [2.05, 4.69) is 20.8 Å². The van der Waals surface area contributed by atoms with Crippen molar-refractivity contribution in [3.05, 3.63) is 28.8 Å². The first-order valence-corrected chi connectivity index (χ1v) is 7.46. The second-order valence-electron chi connectivity index (χ2n) is 5.80. The van der Waals surface area contributed by atoms with Crippen LogP contribution in [0.25, 0.3) is 0 Å². The summed E-state index contributed by atoms with van der Waals surface area (Å²) in [5, 5.41) is 0. The lowest BCUT2D eigenvalue weighted by atomic mass is 9.89. The number of thiocarbonyl (C=S) groups is 1. The van der Waals surface area contributed by atoms with Crippen molar-refractivity contribution in [3.63, 3.8) is 0 Å². The zero-order valence-electron chi connectivity index (χ0n) is 12.0. The summed E-state index contributed by atoms with van der Waals surface area (Å²) >= 11 is 5.04. The smallest absolute Gasteiger partial charge is 0.125 e. The van der Waals surface area contributed by atoms with Gasteiger partial charge in [0.15, 0.2) is 0 Å². The summed E-state index contributed by atoms with van der Waals surface area (Å²) in [7, 11) is 0. The van der Waals surface area contributed by atoms with Gasteiger partial charge >= 0.3 is 0 Å². The predicted molar refractivity (Wildman–Crippen MR) is 83.9 cm³/mol. The number of rotatable bonds is 3. The molecule has 1 aliphatic carbocycles. The lowest BCUT2D eigenvalue weighted by molar-refractivity contribution is 0.134. The number of hydrogen-bond donors (Lipinski definition) is 1. The number of aryl methyl sites for hydroxylation is 2. The molecule has 104 valence electrons. The van der Waals surface area contributed by atoms with Crippen LogP contribution in [-0.4, -0.2) is 11.1 Å². The molecule has 0 heterocycles. The van der Waals surface area contributed by atoms with Crippen LogP contribution >= 0.6 is 12.2 Å². The Morgan fingerprint density at radius 1 is 1.16 bits per heavy atom. The Hall–Kier alpha value is -1.09. The van der Waals surface area contributed by atoms with Crippen LogP contribution in [0.2, 0.25) is 0 Å². The molecule has 0 spiro atoms. The molecule has 1 saturated carbocycles. The van der Waals surface area contributed by atoms with E-state index in [0.29, 0.717) is 11.1 Å². The van der Waals surface area contributed by atoms with Gasteiger partial charge in [0.25, 0.3) is 0 Å². The van der Waals surface area contributed by atoms with Gasteiger partial charge in [0.1, 0.15) is 10.7 Å². The minimum absolute atomic E-state index is 0.365. The van der Waals surface area contributed by atoms with E-state index in [4.69, 9.17) is 22.7 Å². The first-order chi connectivity index (χ1) is 8.97. The van der Waals surface area contributed by atoms with E-state index < -0.39 is 0 Å². The highest BCUT2D eigenvalue weighted by Crippen LogP contribution is 2.31. The Labute approximate surface area is 121 Å². The van der Waals surface area contributed by atoms with Crippen LogP contribution in [0.5, 0.6) is 5.75 Å². The van der Waals surface area contributed by atoms with Gasteiger partial charge < -0.3 is 10.5 Å².